The first-order chi connectivity index (χ1) is 10.4. The first-order valence-electron chi connectivity index (χ1n) is 6.57. The highest BCUT2D eigenvalue weighted by atomic mass is 35.5. The summed E-state index contributed by atoms with van der Waals surface area (Å²) in [5.41, 5.74) is 0.307. The van der Waals surface area contributed by atoms with E-state index in [9.17, 15) is 9.59 Å². The summed E-state index contributed by atoms with van der Waals surface area (Å²) in [6.07, 6.45) is 0.436. The number of carbonyl (C=O) groups excluding carboxylic acids is 2. The Morgan fingerprint density at radius 2 is 2.09 bits per heavy atom. The second-order valence-corrected chi connectivity index (χ2v) is 5.16. The highest BCUT2D eigenvalue weighted by Gasteiger charge is 2.22. The molecule has 2 aromatic rings. The molecular weight excluding hydrogens is 308 g/mol. The molecule has 2 aromatic heterocycles. The predicted molar refractivity (Wildman–Crippen MR) is 80.9 cm³/mol. The molecule has 1 amide bonds. The molecule has 7 heteroatoms. The minimum atomic E-state index is -0.973. The highest BCUT2D eigenvalue weighted by Crippen LogP contribution is 2.16. The van der Waals surface area contributed by atoms with Gasteiger partial charge in [-0.3, -0.25) is 4.79 Å². The van der Waals surface area contributed by atoms with Crippen molar-refractivity contribution < 1.29 is 18.7 Å². The van der Waals surface area contributed by atoms with Crippen LogP contribution in [0.4, 0.5) is 5.82 Å². The normalized spacial score (nSPS) is 11.8. The monoisotopic (exact) mass is 322 g/mol. The average molecular weight is 323 g/mol. The first kappa shape index (κ1) is 16.0. The van der Waals surface area contributed by atoms with Crippen LogP contribution in [0.3, 0.4) is 0 Å². The van der Waals surface area contributed by atoms with Crippen molar-refractivity contribution in [1.82, 2.24) is 4.98 Å². The third kappa shape index (κ3) is 3.85. The maximum atomic E-state index is 12.0. The summed E-state index contributed by atoms with van der Waals surface area (Å²) in [6, 6.07) is 4.72. The number of amides is 1. The summed E-state index contributed by atoms with van der Waals surface area (Å²) in [6.45, 7) is 4.86. The molecule has 0 aliphatic heterocycles. The van der Waals surface area contributed by atoms with Crippen LogP contribution in [0.5, 0.6) is 0 Å². The molecule has 0 aliphatic rings. The van der Waals surface area contributed by atoms with Crippen LogP contribution in [-0.4, -0.2) is 23.0 Å². The van der Waals surface area contributed by atoms with Gasteiger partial charge in [0.2, 0.25) is 0 Å². The predicted octanol–water partition coefficient (Wildman–Crippen LogP) is 3.13. The Balaban J connectivity index is 1.97. The van der Waals surface area contributed by atoms with Crippen molar-refractivity contribution in [3.05, 3.63) is 46.5 Å². The van der Waals surface area contributed by atoms with E-state index in [1.54, 1.807) is 32.0 Å². The molecule has 0 saturated carbocycles. The fourth-order valence-electron chi connectivity index (χ4n) is 1.79. The zero-order valence-electron chi connectivity index (χ0n) is 12.3. The van der Waals surface area contributed by atoms with E-state index in [0.717, 1.165) is 0 Å². The number of furan rings is 1. The number of hydrogen-bond donors (Lipinski definition) is 1. The van der Waals surface area contributed by atoms with E-state index < -0.39 is 18.0 Å². The lowest BCUT2D eigenvalue weighted by atomic mass is 10.2. The van der Waals surface area contributed by atoms with Gasteiger partial charge in [0.25, 0.3) is 5.91 Å². The summed E-state index contributed by atoms with van der Waals surface area (Å²) in [4.78, 5) is 27.9. The molecule has 22 heavy (non-hydrogen) atoms. The maximum absolute atomic E-state index is 12.0. The molecule has 0 radical (unpaired) electrons. The van der Waals surface area contributed by atoms with Gasteiger partial charge in [0, 0.05) is 6.20 Å². The van der Waals surface area contributed by atoms with Gasteiger partial charge >= 0.3 is 5.97 Å². The minimum Gasteiger partial charge on any atom is -0.466 e. The van der Waals surface area contributed by atoms with E-state index >= 15 is 0 Å². The van der Waals surface area contributed by atoms with E-state index in [2.05, 4.69) is 10.3 Å². The van der Waals surface area contributed by atoms with Gasteiger partial charge in [-0.15, -0.1) is 0 Å². The molecule has 6 nitrogen and oxygen atoms in total. The number of pyridine rings is 1. The molecule has 0 bridgehead atoms. The molecule has 0 aromatic carbocycles. The van der Waals surface area contributed by atoms with Gasteiger partial charge in [0.1, 0.15) is 22.9 Å². The van der Waals surface area contributed by atoms with Gasteiger partial charge < -0.3 is 14.5 Å². The molecule has 2 heterocycles. The van der Waals surface area contributed by atoms with Crippen LogP contribution in [0.1, 0.15) is 28.8 Å². The van der Waals surface area contributed by atoms with Crippen molar-refractivity contribution in [2.75, 3.05) is 5.32 Å². The number of anilines is 1. The van der Waals surface area contributed by atoms with Crippen LogP contribution in [0.25, 0.3) is 0 Å². The topological polar surface area (TPSA) is 81.4 Å². The zero-order chi connectivity index (χ0) is 16.3. The third-order valence-electron chi connectivity index (χ3n) is 2.89. The Morgan fingerprint density at radius 1 is 1.36 bits per heavy atom. The molecule has 0 spiro atoms. The highest BCUT2D eigenvalue weighted by molar-refractivity contribution is 6.30. The van der Waals surface area contributed by atoms with E-state index in [0.29, 0.717) is 27.9 Å². The summed E-state index contributed by atoms with van der Waals surface area (Å²) >= 11 is 5.71. The number of rotatable bonds is 4. The van der Waals surface area contributed by atoms with E-state index in [1.807, 2.05) is 0 Å². The van der Waals surface area contributed by atoms with Gasteiger partial charge in [-0.2, -0.15) is 0 Å². The Labute approximate surface area is 132 Å². The van der Waals surface area contributed by atoms with Crippen molar-refractivity contribution in [2.24, 2.45) is 0 Å². The summed E-state index contributed by atoms with van der Waals surface area (Å²) < 4.78 is 10.4. The molecule has 2 rings (SSSR count). The van der Waals surface area contributed by atoms with E-state index in [4.69, 9.17) is 20.8 Å². The largest absolute Gasteiger partial charge is 0.466 e. The van der Waals surface area contributed by atoms with E-state index in [-0.39, 0.29) is 0 Å². The number of carbonyl (C=O) groups is 2. The van der Waals surface area contributed by atoms with Crippen LogP contribution in [0.15, 0.2) is 28.8 Å². The lowest BCUT2D eigenvalue weighted by molar-refractivity contribution is -0.123. The number of ether oxygens (including phenoxy) is 1. The van der Waals surface area contributed by atoms with Crippen LogP contribution in [0.2, 0.25) is 5.02 Å². The molecule has 1 atom stereocenters. The van der Waals surface area contributed by atoms with Crippen molar-refractivity contribution in [3.63, 3.8) is 0 Å². The second kappa shape index (κ2) is 6.62. The number of halogens is 1. The molecule has 0 aliphatic carbocycles. The van der Waals surface area contributed by atoms with Crippen LogP contribution in [0, 0.1) is 13.8 Å². The van der Waals surface area contributed by atoms with E-state index in [1.165, 1.54) is 13.1 Å². The number of esters is 1. The fourth-order valence-corrected chi connectivity index (χ4v) is 1.90. The molecule has 0 unspecified atom stereocenters. The van der Waals surface area contributed by atoms with Crippen LogP contribution >= 0.6 is 11.6 Å². The summed E-state index contributed by atoms with van der Waals surface area (Å²) in [7, 11) is 0. The first-order valence-corrected chi connectivity index (χ1v) is 6.95. The smallest absolute Gasteiger partial charge is 0.342 e. The van der Waals surface area contributed by atoms with Crippen LogP contribution in [-0.2, 0) is 9.53 Å². The van der Waals surface area contributed by atoms with Gasteiger partial charge in [0.15, 0.2) is 6.10 Å². The van der Waals surface area contributed by atoms with Crippen molar-refractivity contribution in [2.45, 2.75) is 26.9 Å². The molecule has 0 saturated heterocycles. The number of nitrogens with one attached hydrogen (secondary N) is 1. The number of hydrogen-bond acceptors (Lipinski definition) is 5. The standard InChI is InChI=1S/C15H15ClN2O4/c1-8-6-12(9(2)21-8)15(20)22-10(3)14(19)18-13-5-4-11(16)7-17-13/h4-7,10H,1-3H3,(H,17,18,19)/t10-/m1/s1. The Hall–Kier alpha value is -2.34. The molecule has 0 fully saturated rings. The van der Waals surface area contributed by atoms with Crippen molar-refractivity contribution in [1.29, 1.82) is 0 Å². The zero-order valence-corrected chi connectivity index (χ0v) is 13.1. The van der Waals surface area contributed by atoms with Gasteiger partial charge in [0.05, 0.1) is 5.02 Å². The third-order valence-corrected chi connectivity index (χ3v) is 3.12. The number of nitrogens with zero attached hydrogens (tertiary/aromatic N) is 1. The van der Waals surface area contributed by atoms with Gasteiger partial charge in [-0.1, -0.05) is 11.6 Å². The maximum Gasteiger partial charge on any atom is 0.342 e. The molecular formula is C15H15ClN2O4. The Morgan fingerprint density at radius 3 is 2.64 bits per heavy atom. The molecule has 116 valence electrons. The summed E-state index contributed by atoms with van der Waals surface area (Å²) in [5, 5.41) is 3.00. The van der Waals surface area contributed by atoms with Crippen molar-refractivity contribution in [3.8, 4) is 0 Å². The lowest BCUT2D eigenvalue weighted by Crippen LogP contribution is -2.30. The summed E-state index contributed by atoms with van der Waals surface area (Å²) in [5.74, 6) is 0.288. The minimum absolute atomic E-state index is 0.307. The SMILES string of the molecule is Cc1cc(C(=O)O[C@H](C)C(=O)Nc2ccc(Cl)cn2)c(C)o1. The van der Waals surface area contributed by atoms with Crippen LogP contribution < -0.4 is 5.32 Å². The number of aryl methyl sites for hydroxylation is 2. The number of aromatic nitrogens is 1. The average Bonchev–Trinajstić information content (AvgIpc) is 2.80. The fraction of sp³-hybridized carbons (Fsp3) is 0.267. The Kier molecular flexibility index (Phi) is 4.82. The van der Waals surface area contributed by atoms with Gasteiger partial charge in [-0.05, 0) is 39.0 Å². The lowest BCUT2D eigenvalue weighted by Gasteiger charge is -2.12. The van der Waals surface area contributed by atoms with Gasteiger partial charge in [-0.25, -0.2) is 9.78 Å². The second-order valence-electron chi connectivity index (χ2n) is 4.73. The quantitative estimate of drug-likeness (QED) is 0.874. The van der Waals surface area contributed by atoms with Crippen molar-refractivity contribution >= 4 is 29.3 Å². The molecule has 1 N–H and O–H groups in total. The Bertz CT molecular complexity index is 694.